The average Bonchev–Trinajstić information content (AvgIpc) is 2.47. The Hall–Kier alpha value is -3.22. The van der Waals surface area contributed by atoms with Crippen molar-refractivity contribution in [2.45, 2.75) is 6.92 Å². The van der Waals surface area contributed by atoms with Crippen molar-refractivity contribution in [3.8, 4) is 0 Å². The van der Waals surface area contributed by atoms with Gasteiger partial charge < -0.3 is 10.4 Å². The Morgan fingerprint density at radius 1 is 1.18 bits per heavy atom. The van der Waals surface area contributed by atoms with Crippen LogP contribution in [-0.2, 0) is 0 Å². The lowest BCUT2D eigenvalue weighted by Crippen LogP contribution is -2.15. The van der Waals surface area contributed by atoms with Crippen molar-refractivity contribution in [1.29, 1.82) is 0 Å². The Balaban J connectivity index is 2.33. The van der Waals surface area contributed by atoms with E-state index >= 15 is 0 Å². The molecular formula is C15H12N2O5. The number of nitrogens with one attached hydrogen (secondary N) is 1. The second-order valence-corrected chi connectivity index (χ2v) is 4.56. The zero-order valence-corrected chi connectivity index (χ0v) is 11.6. The van der Waals surface area contributed by atoms with E-state index < -0.39 is 16.8 Å². The second kappa shape index (κ2) is 6.04. The van der Waals surface area contributed by atoms with E-state index in [1.165, 1.54) is 30.3 Å². The largest absolute Gasteiger partial charge is 0.478 e. The van der Waals surface area contributed by atoms with Crippen LogP contribution in [0.3, 0.4) is 0 Å². The molecule has 0 radical (unpaired) electrons. The van der Waals surface area contributed by atoms with Gasteiger partial charge in [0.05, 0.1) is 16.2 Å². The molecule has 1 amide bonds. The number of hydrogen-bond donors (Lipinski definition) is 2. The van der Waals surface area contributed by atoms with Gasteiger partial charge in [-0.1, -0.05) is 18.2 Å². The summed E-state index contributed by atoms with van der Waals surface area (Å²) >= 11 is 0. The zero-order valence-electron chi connectivity index (χ0n) is 11.6. The molecule has 0 aliphatic heterocycles. The first kappa shape index (κ1) is 15.2. The number of hydrogen-bond acceptors (Lipinski definition) is 4. The van der Waals surface area contributed by atoms with E-state index in [1.54, 1.807) is 13.0 Å². The molecule has 0 heterocycles. The van der Waals surface area contributed by atoms with Gasteiger partial charge >= 0.3 is 5.97 Å². The number of amides is 1. The number of nitro benzene ring substituents is 1. The minimum atomic E-state index is -1.18. The molecule has 0 saturated carbocycles. The molecule has 22 heavy (non-hydrogen) atoms. The lowest BCUT2D eigenvalue weighted by molar-refractivity contribution is -0.385. The van der Waals surface area contributed by atoms with Crippen LogP contribution in [-0.4, -0.2) is 21.9 Å². The number of carbonyl (C=O) groups is 2. The van der Waals surface area contributed by atoms with Crippen LogP contribution in [0.1, 0.15) is 26.3 Å². The third-order valence-electron chi connectivity index (χ3n) is 3.07. The highest BCUT2D eigenvalue weighted by Crippen LogP contribution is 2.21. The van der Waals surface area contributed by atoms with Gasteiger partial charge in [-0.05, 0) is 25.1 Å². The number of aromatic carboxylic acids is 1. The van der Waals surface area contributed by atoms with Gasteiger partial charge in [-0.3, -0.25) is 14.9 Å². The van der Waals surface area contributed by atoms with Crippen molar-refractivity contribution in [3.63, 3.8) is 0 Å². The van der Waals surface area contributed by atoms with E-state index in [9.17, 15) is 19.7 Å². The molecule has 112 valence electrons. The summed E-state index contributed by atoms with van der Waals surface area (Å²) < 4.78 is 0. The number of benzene rings is 2. The first-order valence-electron chi connectivity index (χ1n) is 6.29. The summed E-state index contributed by atoms with van der Waals surface area (Å²) in [5, 5.41) is 22.4. The lowest BCUT2D eigenvalue weighted by Gasteiger charge is -2.08. The Bertz CT molecular complexity index is 770. The number of nitro groups is 1. The Morgan fingerprint density at radius 2 is 1.86 bits per heavy atom. The molecule has 2 aromatic carbocycles. The number of carboxylic acids is 1. The van der Waals surface area contributed by atoms with Gasteiger partial charge in [0.2, 0.25) is 0 Å². The highest BCUT2D eigenvalue weighted by atomic mass is 16.6. The van der Waals surface area contributed by atoms with Gasteiger partial charge in [-0.15, -0.1) is 0 Å². The van der Waals surface area contributed by atoms with Gasteiger partial charge in [0.15, 0.2) is 0 Å². The Morgan fingerprint density at radius 3 is 2.50 bits per heavy atom. The van der Waals surface area contributed by atoms with E-state index in [4.69, 9.17) is 5.11 Å². The third-order valence-corrected chi connectivity index (χ3v) is 3.07. The monoisotopic (exact) mass is 300 g/mol. The predicted octanol–water partition coefficient (Wildman–Crippen LogP) is 2.85. The summed E-state index contributed by atoms with van der Waals surface area (Å²) in [6.07, 6.45) is 0. The highest BCUT2D eigenvalue weighted by molar-refractivity contribution is 6.08. The highest BCUT2D eigenvalue weighted by Gasteiger charge is 2.17. The van der Waals surface area contributed by atoms with Gasteiger partial charge in [0.1, 0.15) is 0 Å². The number of anilines is 1. The molecular weight excluding hydrogens is 288 g/mol. The van der Waals surface area contributed by atoms with Gasteiger partial charge in [-0.25, -0.2) is 4.79 Å². The molecule has 0 bridgehead atoms. The maximum atomic E-state index is 12.1. The summed E-state index contributed by atoms with van der Waals surface area (Å²) in [4.78, 5) is 33.6. The fraction of sp³-hybridized carbons (Fsp3) is 0.0667. The van der Waals surface area contributed by atoms with Crippen LogP contribution in [0.15, 0.2) is 42.5 Å². The van der Waals surface area contributed by atoms with Gasteiger partial charge in [-0.2, -0.15) is 0 Å². The molecule has 2 rings (SSSR count). The molecule has 7 heteroatoms. The molecule has 0 aliphatic rings. The number of carboxylic acid groups (broad SMARTS) is 1. The van der Waals surface area contributed by atoms with Crippen molar-refractivity contribution in [3.05, 3.63) is 69.3 Å². The molecule has 0 aromatic heterocycles. The van der Waals surface area contributed by atoms with Gasteiger partial charge in [0, 0.05) is 17.2 Å². The minimum absolute atomic E-state index is 0.0579. The number of para-hydroxylation sites is 1. The van der Waals surface area contributed by atoms with E-state index in [1.807, 2.05) is 0 Å². The Kier molecular flexibility index (Phi) is 4.17. The Labute approximate surface area is 125 Å². The molecule has 0 aliphatic carbocycles. The van der Waals surface area contributed by atoms with E-state index in [0.29, 0.717) is 5.56 Å². The fourth-order valence-corrected chi connectivity index (χ4v) is 1.92. The third kappa shape index (κ3) is 3.09. The standard InChI is InChI=1S/C15H12N2O5/c1-9-6-7-10(8-13(9)17(21)22)14(18)16-12-5-3-2-4-11(12)15(19)20/h2-8H,1H3,(H,16,18)(H,19,20). The maximum absolute atomic E-state index is 12.1. The molecule has 0 fully saturated rings. The van der Waals surface area contributed by atoms with Crippen LogP contribution in [0, 0.1) is 17.0 Å². The molecule has 0 atom stereocenters. The van der Waals surface area contributed by atoms with E-state index in [0.717, 1.165) is 6.07 Å². The predicted molar refractivity (Wildman–Crippen MR) is 79.2 cm³/mol. The van der Waals surface area contributed by atoms with Crippen LogP contribution in [0.5, 0.6) is 0 Å². The topological polar surface area (TPSA) is 110 Å². The summed E-state index contributed by atoms with van der Waals surface area (Å²) in [5.41, 5.74) is 0.421. The number of aryl methyl sites for hydroxylation is 1. The van der Waals surface area contributed by atoms with Crippen molar-refractivity contribution < 1.29 is 19.6 Å². The second-order valence-electron chi connectivity index (χ2n) is 4.56. The summed E-state index contributed by atoms with van der Waals surface area (Å²) in [5.74, 6) is -1.79. The number of nitrogens with zero attached hydrogens (tertiary/aromatic N) is 1. The zero-order chi connectivity index (χ0) is 16.3. The number of carbonyl (C=O) groups excluding carboxylic acids is 1. The first-order chi connectivity index (χ1) is 10.4. The van der Waals surface area contributed by atoms with Crippen LogP contribution < -0.4 is 5.32 Å². The van der Waals surface area contributed by atoms with Crippen molar-refractivity contribution >= 4 is 23.3 Å². The minimum Gasteiger partial charge on any atom is -0.478 e. The fourth-order valence-electron chi connectivity index (χ4n) is 1.92. The maximum Gasteiger partial charge on any atom is 0.337 e. The number of rotatable bonds is 4. The van der Waals surface area contributed by atoms with Crippen LogP contribution in [0.2, 0.25) is 0 Å². The van der Waals surface area contributed by atoms with Crippen molar-refractivity contribution in [2.24, 2.45) is 0 Å². The molecule has 7 nitrogen and oxygen atoms in total. The van der Waals surface area contributed by atoms with E-state index in [-0.39, 0.29) is 22.5 Å². The van der Waals surface area contributed by atoms with Crippen molar-refractivity contribution in [1.82, 2.24) is 0 Å². The average molecular weight is 300 g/mol. The smallest absolute Gasteiger partial charge is 0.337 e. The van der Waals surface area contributed by atoms with E-state index in [2.05, 4.69) is 5.32 Å². The molecule has 0 unspecified atom stereocenters. The molecule has 2 N–H and O–H groups in total. The molecule has 0 spiro atoms. The SMILES string of the molecule is Cc1ccc(C(=O)Nc2ccccc2C(=O)O)cc1[N+](=O)[O-]. The quantitative estimate of drug-likeness (QED) is 0.666. The molecule has 0 saturated heterocycles. The van der Waals surface area contributed by atoms with Gasteiger partial charge in [0.25, 0.3) is 11.6 Å². The van der Waals surface area contributed by atoms with Crippen LogP contribution in [0.25, 0.3) is 0 Å². The van der Waals surface area contributed by atoms with Crippen LogP contribution >= 0.6 is 0 Å². The normalized spacial score (nSPS) is 10.0. The molecule has 2 aromatic rings. The summed E-state index contributed by atoms with van der Waals surface area (Å²) in [7, 11) is 0. The first-order valence-corrected chi connectivity index (χ1v) is 6.29. The van der Waals surface area contributed by atoms with Crippen LogP contribution in [0.4, 0.5) is 11.4 Å². The summed E-state index contributed by atoms with van der Waals surface area (Å²) in [6, 6.07) is 10.0. The summed E-state index contributed by atoms with van der Waals surface area (Å²) in [6.45, 7) is 1.57. The van der Waals surface area contributed by atoms with Crippen molar-refractivity contribution in [2.75, 3.05) is 5.32 Å². The lowest BCUT2D eigenvalue weighted by atomic mass is 10.1.